The van der Waals surface area contributed by atoms with E-state index in [0.717, 1.165) is 10.5 Å². The highest BCUT2D eigenvalue weighted by molar-refractivity contribution is 6.67. The van der Waals surface area contributed by atoms with Gasteiger partial charge in [-0.1, -0.05) is 67.4 Å². The molecule has 1 aromatic rings. The molecular formula is C27H32Cl3N7O7. The fourth-order valence-electron chi connectivity index (χ4n) is 6.00. The Morgan fingerprint density at radius 1 is 1.23 bits per heavy atom. The third-order valence-electron chi connectivity index (χ3n) is 8.11. The Labute approximate surface area is 267 Å². The first-order chi connectivity index (χ1) is 20.5. The molecule has 1 aromatic carbocycles. The molecule has 4 aliphatic heterocycles. The van der Waals surface area contributed by atoms with Gasteiger partial charge in [-0.25, -0.2) is 9.79 Å². The van der Waals surface area contributed by atoms with Crippen LogP contribution >= 0.6 is 34.8 Å². The maximum Gasteiger partial charge on any atom is 0.414 e. The van der Waals surface area contributed by atoms with Gasteiger partial charge in [-0.3, -0.25) is 24.6 Å². The van der Waals surface area contributed by atoms with Crippen molar-refractivity contribution in [3.63, 3.8) is 0 Å². The molecule has 3 fully saturated rings. The third kappa shape index (κ3) is 5.76. The van der Waals surface area contributed by atoms with E-state index in [1.54, 1.807) is 18.2 Å². The molecule has 0 bridgehead atoms. The number of nitrogens with one attached hydrogen (secondary N) is 4. The number of halogens is 3. The van der Waals surface area contributed by atoms with Gasteiger partial charge >= 0.3 is 6.09 Å². The molecule has 5 rings (SSSR count). The van der Waals surface area contributed by atoms with Crippen LogP contribution in [0.15, 0.2) is 41.7 Å². The molecule has 0 aromatic heterocycles. The van der Waals surface area contributed by atoms with Gasteiger partial charge in [-0.2, -0.15) is 0 Å². The number of carbonyl (C=O) groups excluding carboxylic acids is 4. The average molecular weight is 673 g/mol. The Morgan fingerprint density at radius 2 is 1.91 bits per heavy atom. The molecule has 44 heavy (non-hydrogen) atoms. The molecule has 14 nitrogen and oxygen atoms in total. The molecular weight excluding hydrogens is 641 g/mol. The first-order valence-electron chi connectivity index (χ1n) is 13.8. The standard InChI is InChI=1S/C27H32Cl3N7O7/c1-13(2)15-5-4-6-16(9-15)22(40)33-18-11-37-23(34-24(41)44-12-25(28,29)30)32-17(10-36-19(38)7-8-20(36)39)21-26(37,27(18,42)43)35-14(3)31-21/h4-6,9,13,17-18,21,31,35,42-43H,3,7-8,10-12H2,1-2H3,(H,33,40)(H,32,34,41)/t17-,18?,21-,26-/m0/s1. The van der Waals surface area contributed by atoms with Crippen LogP contribution in [0.4, 0.5) is 4.79 Å². The Hall–Kier alpha value is -3.30. The van der Waals surface area contributed by atoms with Crippen molar-refractivity contribution in [2.75, 3.05) is 19.7 Å². The smallest absolute Gasteiger partial charge is 0.414 e. The predicted molar refractivity (Wildman–Crippen MR) is 160 cm³/mol. The van der Waals surface area contributed by atoms with Crippen molar-refractivity contribution < 1.29 is 34.1 Å². The van der Waals surface area contributed by atoms with Crippen LogP contribution in [0.1, 0.15) is 48.5 Å². The number of guanidine groups is 1. The Bertz CT molecular complexity index is 1420. The fourth-order valence-corrected chi connectivity index (χ4v) is 6.16. The summed E-state index contributed by atoms with van der Waals surface area (Å²) in [5, 5.41) is 34.9. The van der Waals surface area contributed by atoms with E-state index in [9.17, 15) is 29.4 Å². The van der Waals surface area contributed by atoms with Gasteiger partial charge < -0.3 is 35.8 Å². The van der Waals surface area contributed by atoms with Crippen LogP contribution in [0.2, 0.25) is 0 Å². The number of nitrogens with zero attached hydrogens (tertiary/aromatic N) is 3. The van der Waals surface area contributed by atoms with E-state index < -0.39 is 63.8 Å². The number of rotatable bonds is 6. The summed E-state index contributed by atoms with van der Waals surface area (Å²) in [7, 11) is 0. The summed E-state index contributed by atoms with van der Waals surface area (Å²) in [6.07, 6.45) is -1.03. The van der Waals surface area contributed by atoms with Gasteiger partial charge in [0, 0.05) is 24.9 Å². The van der Waals surface area contributed by atoms with Gasteiger partial charge in [0.2, 0.25) is 27.4 Å². The van der Waals surface area contributed by atoms with E-state index in [2.05, 4.69) is 32.8 Å². The van der Waals surface area contributed by atoms with Gasteiger partial charge in [0.25, 0.3) is 5.91 Å². The lowest BCUT2D eigenvalue weighted by atomic mass is 9.85. The van der Waals surface area contributed by atoms with Crippen LogP contribution in [0.25, 0.3) is 0 Å². The van der Waals surface area contributed by atoms with Crippen molar-refractivity contribution in [1.29, 1.82) is 0 Å². The van der Waals surface area contributed by atoms with Gasteiger partial charge in [0.05, 0.1) is 24.4 Å². The quantitative estimate of drug-likeness (QED) is 0.142. The number of benzene rings is 1. The summed E-state index contributed by atoms with van der Waals surface area (Å²) in [6, 6.07) is 3.55. The maximum atomic E-state index is 13.4. The first kappa shape index (κ1) is 32.1. The SMILES string of the molecule is C=C1N[C@H]2[C@H](CN3C(=O)CCC3=O)N=C(NC(=O)OCC(Cl)(Cl)Cl)N3CC(NC(=O)c4cccc(C(C)C)c4)C(O)(O)[C@]23N1. The molecule has 1 spiro atoms. The molecule has 3 saturated heterocycles. The topological polar surface area (TPSA) is 185 Å². The van der Waals surface area contributed by atoms with E-state index in [-0.39, 0.29) is 43.6 Å². The van der Waals surface area contributed by atoms with Crippen LogP contribution in [-0.2, 0) is 14.3 Å². The van der Waals surface area contributed by atoms with E-state index in [1.165, 1.54) is 4.90 Å². The molecule has 1 unspecified atom stereocenters. The third-order valence-corrected chi connectivity index (χ3v) is 8.44. The number of amides is 4. The lowest BCUT2D eigenvalue weighted by molar-refractivity contribution is -0.231. The lowest BCUT2D eigenvalue weighted by Gasteiger charge is -2.49. The number of alkyl carbamates (subject to hydrolysis) is 1. The molecule has 0 saturated carbocycles. The number of ether oxygens (including phenoxy) is 1. The number of imide groups is 1. The predicted octanol–water partition coefficient (Wildman–Crippen LogP) is 0.617. The zero-order chi connectivity index (χ0) is 32.2. The van der Waals surface area contributed by atoms with Crippen LogP contribution < -0.4 is 21.3 Å². The minimum atomic E-state index is -2.74. The second kappa shape index (κ2) is 11.6. The van der Waals surface area contributed by atoms with Crippen LogP contribution in [-0.4, -0.2) is 103 Å². The van der Waals surface area contributed by atoms with Crippen molar-refractivity contribution in [2.45, 2.75) is 66.0 Å². The second-order valence-corrected chi connectivity index (χ2v) is 13.9. The normalized spacial score (nSPS) is 27.4. The minimum Gasteiger partial charge on any atom is -0.445 e. The molecule has 0 aliphatic carbocycles. The summed E-state index contributed by atoms with van der Waals surface area (Å²) in [4.78, 5) is 58.1. The molecule has 17 heteroatoms. The van der Waals surface area contributed by atoms with E-state index >= 15 is 0 Å². The van der Waals surface area contributed by atoms with E-state index in [0.29, 0.717) is 5.56 Å². The number of hydrogen-bond donors (Lipinski definition) is 6. The van der Waals surface area contributed by atoms with Gasteiger partial charge in [-0.05, 0) is 23.6 Å². The van der Waals surface area contributed by atoms with Crippen molar-refractivity contribution in [1.82, 2.24) is 31.1 Å². The molecule has 238 valence electrons. The highest BCUT2D eigenvalue weighted by Crippen LogP contribution is 2.45. The number of alkyl halides is 3. The van der Waals surface area contributed by atoms with Crippen molar-refractivity contribution in [3.05, 3.63) is 47.8 Å². The molecule has 4 aliphatic rings. The number of aliphatic hydroxyl groups is 2. The summed E-state index contributed by atoms with van der Waals surface area (Å²) < 4.78 is 3.09. The maximum absolute atomic E-state index is 13.4. The van der Waals surface area contributed by atoms with Gasteiger partial charge in [0.1, 0.15) is 12.6 Å². The summed E-state index contributed by atoms with van der Waals surface area (Å²) in [6.45, 7) is 6.72. The molecule has 4 atom stereocenters. The van der Waals surface area contributed by atoms with E-state index in [4.69, 9.17) is 39.5 Å². The number of hydrogen-bond acceptors (Lipinski definition) is 11. The fraction of sp³-hybridized carbons (Fsp3) is 0.519. The van der Waals surface area contributed by atoms with Crippen LogP contribution in [0.3, 0.4) is 0 Å². The van der Waals surface area contributed by atoms with E-state index in [1.807, 2.05) is 19.9 Å². The van der Waals surface area contributed by atoms with Crippen LogP contribution in [0, 0.1) is 0 Å². The minimum absolute atomic E-state index is 0.0279. The Kier molecular flexibility index (Phi) is 8.44. The largest absolute Gasteiger partial charge is 0.445 e. The zero-order valence-corrected chi connectivity index (χ0v) is 26.0. The highest BCUT2D eigenvalue weighted by Gasteiger charge is 2.74. The summed E-state index contributed by atoms with van der Waals surface area (Å²) in [5.41, 5.74) is -0.685. The molecule has 4 amide bonds. The number of likely N-dealkylation sites (tertiary alicyclic amines) is 1. The Balaban J connectivity index is 1.50. The average Bonchev–Trinajstić information content (AvgIpc) is 3.54. The van der Waals surface area contributed by atoms with Crippen molar-refractivity contribution in [2.24, 2.45) is 4.99 Å². The molecule has 6 N–H and O–H groups in total. The highest BCUT2D eigenvalue weighted by atomic mass is 35.6. The molecule has 4 heterocycles. The van der Waals surface area contributed by atoms with Crippen molar-refractivity contribution in [3.8, 4) is 0 Å². The van der Waals surface area contributed by atoms with Gasteiger partial charge in [-0.15, -0.1) is 0 Å². The van der Waals surface area contributed by atoms with Crippen LogP contribution in [0.5, 0.6) is 0 Å². The number of carbonyl (C=O) groups is 4. The van der Waals surface area contributed by atoms with Crippen molar-refractivity contribution >= 4 is 64.6 Å². The summed E-state index contributed by atoms with van der Waals surface area (Å²) >= 11 is 17.1. The lowest BCUT2D eigenvalue weighted by Crippen LogP contribution is -2.78. The monoisotopic (exact) mass is 671 g/mol. The first-order valence-corrected chi connectivity index (χ1v) is 14.9. The zero-order valence-electron chi connectivity index (χ0n) is 23.8. The Morgan fingerprint density at radius 3 is 2.55 bits per heavy atom. The summed E-state index contributed by atoms with van der Waals surface area (Å²) in [5.74, 6) is -4.03. The number of aliphatic imine (C=N–C) groups is 1. The molecule has 0 radical (unpaired) electrons. The van der Waals surface area contributed by atoms with Gasteiger partial charge in [0.15, 0.2) is 5.66 Å². The second-order valence-electron chi connectivity index (χ2n) is 11.4.